The molecule has 0 aromatic rings. The zero-order chi connectivity index (χ0) is 17.0. The summed E-state index contributed by atoms with van der Waals surface area (Å²) in [5.74, 6) is 1.14. The normalized spacial score (nSPS) is 28.0. The van der Waals surface area contributed by atoms with Crippen molar-refractivity contribution in [3.8, 4) is 0 Å². The molecule has 1 saturated carbocycles. The van der Waals surface area contributed by atoms with Crippen LogP contribution < -0.4 is 0 Å². The van der Waals surface area contributed by atoms with Gasteiger partial charge in [-0.2, -0.15) is 0 Å². The topological polar surface area (TPSA) is 49.9 Å². The first kappa shape index (κ1) is 17.8. The second-order valence-electron chi connectivity index (χ2n) is 7.53. The smallest absolute Gasteiger partial charge is 0.409 e. The highest BCUT2D eigenvalue weighted by Gasteiger charge is 2.35. The molecule has 2 fully saturated rings. The minimum atomic E-state index is -0.314. The van der Waals surface area contributed by atoms with E-state index in [4.69, 9.17) is 4.74 Å². The number of ether oxygens (including phenoxy) is 1. The molecule has 0 N–H and O–H groups in total. The minimum Gasteiger partial charge on any atom is -0.453 e. The summed E-state index contributed by atoms with van der Waals surface area (Å²) in [4.78, 5) is 27.3. The summed E-state index contributed by atoms with van der Waals surface area (Å²) in [6, 6.07) is 0. The van der Waals surface area contributed by atoms with E-state index in [0.29, 0.717) is 38.0 Å². The fourth-order valence-corrected chi connectivity index (χ4v) is 3.98. The Morgan fingerprint density at radius 2 is 1.74 bits per heavy atom. The second-order valence-corrected chi connectivity index (χ2v) is 7.53. The van der Waals surface area contributed by atoms with Gasteiger partial charge in [0.15, 0.2) is 0 Å². The molecule has 2 atom stereocenters. The quantitative estimate of drug-likeness (QED) is 0.735. The van der Waals surface area contributed by atoms with E-state index in [-0.39, 0.29) is 17.4 Å². The molecule has 0 aromatic carbocycles. The van der Waals surface area contributed by atoms with E-state index in [0.717, 1.165) is 0 Å². The number of rotatable bonds is 2. The molecule has 5 heteroatoms. The molecular weight excluding hydrogens is 292 g/mol. The predicted molar refractivity (Wildman–Crippen MR) is 90.0 cm³/mol. The van der Waals surface area contributed by atoms with Crippen LogP contribution in [-0.2, 0) is 9.53 Å². The summed E-state index contributed by atoms with van der Waals surface area (Å²) in [5, 5.41) is 0. The van der Waals surface area contributed by atoms with E-state index < -0.39 is 0 Å². The molecular formula is C18H30N2O3. The lowest BCUT2D eigenvalue weighted by Gasteiger charge is -2.41. The van der Waals surface area contributed by atoms with Gasteiger partial charge in [-0.3, -0.25) is 4.79 Å². The third-order valence-electron chi connectivity index (χ3n) is 5.47. The van der Waals surface area contributed by atoms with Gasteiger partial charge in [-0.25, -0.2) is 4.79 Å². The Morgan fingerprint density at radius 1 is 1.13 bits per heavy atom. The van der Waals surface area contributed by atoms with E-state index in [1.165, 1.54) is 26.4 Å². The molecule has 130 valence electrons. The molecule has 1 aliphatic heterocycles. The second kappa shape index (κ2) is 7.37. The molecule has 5 nitrogen and oxygen atoms in total. The van der Waals surface area contributed by atoms with Gasteiger partial charge in [-0.15, -0.1) is 0 Å². The molecule has 2 rings (SSSR count). The third kappa shape index (κ3) is 4.27. The summed E-state index contributed by atoms with van der Waals surface area (Å²) >= 11 is 0. The van der Waals surface area contributed by atoms with E-state index in [9.17, 15) is 9.59 Å². The fourth-order valence-electron chi connectivity index (χ4n) is 3.98. The Hall–Kier alpha value is -1.52. The first-order chi connectivity index (χ1) is 10.8. The average Bonchev–Trinajstić information content (AvgIpc) is 2.53. The van der Waals surface area contributed by atoms with Crippen molar-refractivity contribution in [2.45, 2.75) is 40.0 Å². The van der Waals surface area contributed by atoms with Gasteiger partial charge in [0.05, 0.1) is 7.11 Å². The maximum atomic E-state index is 12.4. The van der Waals surface area contributed by atoms with Crippen LogP contribution in [0.5, 0.6) is 0 Å². The van der Waals surface area contributed by atoms with Gasteiger partial charge in [0.1, 0.15) is 0 Å². The number of carbonyl (C=O) groups is 2. The SMILES string of the molecule is COC(=O)N1CCN(C(=O)/C=C/C2C(C)CCCC2(C)C)CC1. The number of amides is 2. The van der Waals surface area contributed by atoms with Crippen molar-refractivity contribution in [3.63, 3.8) is 0 Å². The Kier molecular flexibility index (Phi) is 5.71. The minimum absolute atomic E-state index is 0.0584. The van der Waals surface area contributed by atoms with Crippen molar-refractivity contribution >= 4 is 12.0 Å². The molecule has 2 unspecified atom stereocenters. The van der Waals surface area contributed by atoms with Crippen molar-refractivity contribution in [2.75, 3.05) is 33.3 Å². The molecule has 0 radical (unpaired) electrons. The van der Waals surface area contributed by atoms with Crippen molar-refractivity contribution in [1.82, 2.24) is 9.80 Å². The van der Waals surface area contributed by atoms with Crippen LogP contribution in [-0.4, -0.2) is 55.1 Å². The molecule has 0 aromatic heterocycles. The lowest BCUT2D eigenvalue weighted by Crippen LogP contribution is -2.50. The predicted octanol–water partition coefficient (Wildman–Crippen LogP) is 2.92. The zero-order valence-corrected chi connectivity index (χ0v) is 14.9. The molecule has 1 aliphatic carbocycles. The number of piperazine rings is 1. The molecule has 2 amide bonds. The Morgan fingerprint density at radius 3 is 2.30 bits per heavy atom. The Balaban J connectivity index is 1.90. The van der Waals surface area contributed by atoms with Crippen molar-refractivity contribution in [1.29, 1.82) is 0 Å². The standard InChI is InChI=1S/C18H30N2O3/c1-14-6-5-9-18(2,3)15(14)7-8-16(21)19-10-12-20(13-11-19)17(22)23-4/h7-8,14-15H,5-6,9-13H2,1-4H3/b8-7+. The molecule has 2 aliphatic rings. The van der Waals surface area contributed by atoms with Crippen LogP contribution in [0, 0.1) is 17.3 Å². The summed E-state index contributed by atoms with van der Waals surface area (Å²) in [6.07, 6.45) is 7.30. The molecule has 23 heavy (non-hydrogen) atoms. The number of hydrogen-bond acceptors (Lipinski definition) is 3. The molecule has 1 saturated heterocycles. The van der Waals surface area contributed by atoms with Gasteiger partial charge in [-0.1, -0.05) is 39.7 Å². The monoisotopic (exact) mass is 322 g/mol. The number of carbonyl (C=O) groups excluding carboxylic acids is 2. The van der Waals surface area contributed by atoms with Crippen LogP contribution in [0.1, 0.15) is 40.0 Å². The van der Waals surface area contributed by atoms with E-state index in [1.54, 1.807) is 11.0 Å². The van der Waals surface area contributed by atoms with Crippen LogP contribution in [0.3, 0.4) is 0 Å². The molecule has 0 bridgehead atoms. The lowest BCUT2D eigenvalue weighted by molar-refractivity contribution is -0.127. The van der Waals surface area contributed by atoms with Gasteiger partial charge in [0.25, 0.3) is 0 Å². The van der Waals surface area contributed by atoms with Crippen molar-refractivity contribution in [3.05, 3.63) is 12.2 Å². The number of allylic oxidation sites excluding steroid dienone is 1. The number of nitrogens with zero attached hydrogens (tertiary/aromatic N) is 2. The third-order valence-corrected chi connectivity index (χ3v) is 5.47. The number of methoxy groups -OCH3 is 1. The van der Waals surface area contributed by atoms with Crippen LogP contribution in [0.2, 0.25) is 0 Å². The van der Waals surface area contributed by atoms with Gasteiger partial charge >= 0.3 is 6.09 Å². The van der Waals surface area contributed by atoms with Gasteiger partial charge in [-0.05, 0) is 29.7 Å². The van der Waals surface area contributed by atoms with Crippen LogP contribution in [0.4, 0.5) is 4.79 Å². The van der Waals surface area contributed by atoms with Gasteiger partial charge in [0, 0.05) is 26.2 Å². The maximum absolute atomic E-state index is 12.4. The van der Waals surface area contributed by atoms with Crippen molar-refractivity contribution in [2.24, 2.45) is 17.3 Å². The van der Waals surface area contributed by atoms with Gasteiger partial charge in [0.2, 0.25) is 5.91 Å². The summed E-state index contributed by atoms with van der Waals surface area (Å²) in [7, 11) is 1.38. The lowest BCUT2D eigenvalue weighted by atomic mass is 9.64. The van der Waals surface area contributed by atoms with E-state index in [1.807, 2.05) is 4.90 Å². The first-order valence-electron chi connectivity index (χ1n) is 8.65. The Bertz CT molecular complexity index is 465. The van der Waals surface area contributed by atoms with Gasteiger partial charge < -0.3 is 14.5 Å². The van der Waals surface area contributed by atoms with Crippen LogP contribution >= 0.6 is 0 Å². The number of hydrogen-bond donors (Lipinski definition) is 0. The highest BCUT2D eigenvalue weighted by molar-refractivity contribution is 5.87. The van der Waals surface area contributed by atoms with Crippen LogP contribution in [0.15, 0.2) is 12.2 Å². The Labute approximate surface area is 139 Å². The average molecular weight is 322 g/mol. The largest absolute Gasteiger partial charge is 0.453 e. The fraction of sp³-hybridized carbons (Fsp3) is 0.778. The van der Waals surface area contributed by atoms with E-state index >= 15 is 0 Å². The van der Waals surface area contributed by atoms with Crippen LogP contribution in [0.25, 0.3) is 0 Å². The molecule has 0 spiro atoms. The summed E-state index contributed by atoms with van der Waals surface area (Å²) in [6.45, 7) is 9.11. The molecule has 1 heterocycles. The van der Waals surface area contributed by atoms with E-state index in [2.05, 4.69) is 26.8 Å². The highest BCUT2D eigenvalue weighted by Crippen LogP contribution is 2.44. The summed E-state index contributed by atoms with van der Waals surface area (Å²) in [5.41, 5.74) is 0.262. The summed E-state index contributed by atoms with van der Waals surface area (Å²) < 4.78 is 4.72. The van der Waals surface area contributed by atoms with Crippen molar-refractivity contribution < 1.29 is 14.3 Å². The maximum Gasteiger partial charge on any atom is 0.409 e. The highest BCUT2D eigenvalue weighted by atomic mass is 16.5. The zero-order valence-electron chi connectivity index (χ0n) is 14.9. The first-order valence-corrected chi connectivity index (χ1v) is 8.65.